The largest absolute Gasteiger partial charge is 0.497 e. The second-order valence-corrected chi connectivity index (χ2v) is 7.26. The van der Waals surface area contributed by atoms with Crippen LogP contribution in [0.15, 0.2) is 72.8 Å². The van der Waals surface area contributed by atoms with E-state index in [9.17, 15) is 9.59 Å². The number of amides is 2. The topological polar surface area (TPSA) is 79.5 Å². The predicted octanol–water partition coefficient (Wildman–Crippen LogP) is 4.22. The van der Waals surface area contributed by atoms with E-state index in [1.165, 1.54) is 0 Å². The van der Waals surface area contributed by atoms with E-state index in [1.807, 2.05) is 62.4 Å². The average molecular weight is 418 g/mol. The number of carbonyl (C=O) groups excluding carboxylic acids is 2. The van der Waals surface area contributed by atoms with E-state index in [4.69, 9.17) is 4.74 Å². The van der Waals surface area contributed by atoms with Gasteiger partial charge in [0.25, 0.3) is 0 Å². The van der Waals surface area contributed by atoms with Crippen LogP contribution in [-0.4, -0.2) is 25.5 Å². The van der Waals surface area contributed by atoms with Crippen LogP contribution >= 0.6 is 0 Å². The molecule has 3 rings (SSSR count). The molecule has 0 saturated heterocycles. The lowest BCUT2D eigenvalue weighted by atomic mass is 10.1. The lowest BCUT2D eigenvalue weighted by Gasteiger charge is -2.19. The fourth-order valence-corrected chi connectivity index (χ4v) is 3.31. The Bertz CT molecular complexity index is 1030. The third-order valence-electron chi connectivity index (χ3n) is 4.94. The van der Waals surface area contributed by atoms with Crippen molar-refractivity contribution >= 4 is 23.2 Å². The van der Waals surface area contributed by atoms with E-state index in [0.717, 1.165) is 22.4 Å². The lowest BCUT2D eigenvalue weighted by Crippen LogP contribution is -2.38. The molecule has 0 unspecified atom stereocenters. The van der Waals surface area contributed by atoms with Crippen molar-refractivity contribution in [3.8, 4) is 5.75 Å². The molecule has 3 N–H and O–H groups in total. The Labute approximate surface area is 182 Å². The first-order valence-corrected chi connectivity index (χ1v) is 10.1. The van der Waals surface area contributed by atoms with Crippen LogP contribution < -0.4 is 20.7 Å². The average Bonchev–Trinajstić information content (AvgIpc) is 2.77. The monoisotopic (exact) mass is 417 g/mol. The molecule has 6 heteroatoms. The number of nitrogens with one attached hydrogen (secondary N) is 3. The molecule has 1 atom stereocenters. The van der Waals surface area contributed by atoms with Crippen molar-refractivity contribution in [2.24, 2.45) is 0 Å². The number of methoxy groups -OCH3 is 1. The number of ether oxygens (including phenoxy) is 1. The van der Waals surface area contributed by atoms with Gasteiger partial charge in [0, 0.05) is 17.4 Å². The number of hydrogen-bond acceptors (Lipinski definition) is 4. The molecule has 3 aromatic carbocycles. The Kier molecular flexibility index (Phi) is 7.40. The summed E-state index contributed by atoms with van der Waals surface area (Å²) >= 11 is 0. The second kappa shape index (κ2) is 10.4. The standard InChI is InChI=1S/C25H27N3O3/c1-17-9-7-10-18(2)23(17)28-22(29)16-26-24(19-11-5-4-6-12-19)25(30)27-20-13-8-14-21(15-20)31-3/h4-15,24,26H,16H2,1-3H3,(H,27,30)(H,28,29)/t24-/m0/s1. The van der Waals surface area contributed by atoms with Crippen LogP contribution in [0.25, 0.3) is 0 Å². The molecule has 0 spiro atoms. The van der Waals surface area contributed by atoms with Crippen LogP contribution in [0.3, 0.4) is 0 Å². The van der Waals surface area contributed by atoms with Gasteiger partial charge in [-0.05, 0) is 42.7 Å². The molecule has 0 heterocycles. The molecule has 0 fully saturated rings. The van der Waals surface area contributed by atoms with Gasteiger partial charge in [0.1, 0.15) is 11.8 Å². The normalized spacial score (nSPS) is 11.5. The van der Waals surface area contributed by atoms with Crippen molar-refractivity contribution in [1.82, 2.24) is 5.32 Å². The molecule has 0 radical (unpaired) electrons. The fraction of sp³-hybridized carbons (Fsp3) is 0.200. The maximum Gasteiger partial charge on any atom is 0.246 e. The minimum absolute atomic E-state index is 0.0150. The van der Waals surface area contributed by atoms with Gasteiger partial charge in [-0.1, -0.05) is 54.6 Å². The number of para-hydroxylation sites is 1. The first-order chi connectivity index (χ1) is 15.0. The molecule has 31 heavy (non-hydrogen) atoms. The summed E-state index contributed by atoms with van der Waals surface area (Å²) in [7, 11) is 1.57. The highest BCUT2D eigenvalue weighted by Crippen LogP contribution is 2.21. The summed E-state index contributed by atoms with van der Waals surface area (Å²) in [5, 5.41) is 8.92. The molecule has 0 saturated carbocycles. The summed E-state index contributed by atoms with van der Waals surface area (Å²) in [5.41, 5.74) is 4.16. The number of rotatable bonds is 8. The van der Waals surface area contributed by atoms with Gasteiger partial charge in [-0.3, -0.25) is 14.9 Å². The molecule has 2 amide bonds. The number of aryl methyl sites for hydroxylation is 2. The van der Waals surface area contributed by atoms with Crippen LogP contribution in [-0.2, 0) is 9.59 Å². The molecule has 3 aromatic rings. The Morgan fingerprint density at radius 2 is 1.55 bits per heavy atom. The van der Waals surface area contributed by atoms with Gasteiger partial charge < -0.3 is 15.4 Å². The smallest absolute Gasteiger partial charge is 0.246 e. The van der Waals surface area contributed by atoms with E-state index < -0.39 is 6.04 Å². The van der Waals surface area contributed by atoms with Gasteiger partial charge in [-0.2, -0.15) is 0 Å². The minimum atomic E-state index is -0.698. The number of carbonyl (C=O) groups is 2. The van der Waals surface area contributed by atoms with Gasteiger partial charge >= 0.3 is 0 Å². The number of benzene rings is 3. The number of hydrogen-bond donors (Lipinski definition) is 3. The van der Waals surface area contributed by atoms with E-state index in [-0.39, 0.29) is 18.4 Å². The zero-order valence-corrected chi connectivity index (χ0v) is 17.9. The summed E-state index contributed by atoms with van der Waals surface area (Å²) in [4.78, 5) is 25.6. The Balaban J connectivity index is 1.72. The zero-order valence-electron chi connectivity index (χ0n) is 17.9. The summed E-state index contributed by atoms with van der Waals surface area (Å²) in [6, 6.07) is 21.6. The summed E-state index contributed by atoms with van der Waals surface area (Å²) in [5.74, 6) is 0.168. The van der Waals surface area contributed by atoms with Crippen LogP contribution in [0.4, 0.5) is 11.4 Å². The predicted molar refractivity (Wildman–Crippen MR) is 123 cm³/mol. The molecule has 6 nitrogen and oxygen atoms in total. The van der Waals surface area contributed by atoms with Crippen molar-refractivity contribution in [1.29, 1.82) is 0 Å². The summed E-state index contributed by atoms with van der Waals surface area (Å²) in [6.45, 7) is 3.88. The van der Waals surface area contributed by atoms with Crippen molar-refractivity contribution in [2.75, 3.05) is 24.3 Å². The van der Waals surface area contributed by atoms with Gasteiger partial charge in [0.05, 0.1) is 13.7 Å². The highest BCUT2D eigenvalue weighted by molar-refractivity contribution is 5.97. The Morgan fingerprint density at radius 1 is 0.871 bits per heavy atom. The second-order valence-electron chi connectivity index (χ2n) is 7.26. The van der Waals surface area contributed by atoms with Gasteiger partial charge in [0.2, 0.25) is 11.8 Å². The van der Waals surface area contributed by atoms with Crippen LogP contribution in [0.5, 0.6) is 5.75 Å². The van der Waals surface area contributed by atoms with Crippen molar-refractivity contribution in [2.45, 2.75) is 19.9 Å². The Morgan fingerprint density at radius 3 is 2.23 bits per heavy atom. The first-order valence-electron chi connectivity index (χ1n) is 10.1. The van der Waals surface area contributed by atoms with Gasteiger partial charge in [-0.25, -0.2) is 0 Å². The third-order valence-corrected chi connectivity index (χ3v) is 4.94. The Hall–Kier alpha value is -3.64. The third kappa shape index (κ3) is 5.93. The molecule has 0 aliphatic rings. The first kappa shape index (κ1) is 22.1. The van der Waals surface area contributed by atoms with Gasteiger partial charge in [-0.15, -0.1) is 0 Å². The SMILES string of the molecule is COc1cccc(NC(=O)[C@@H](NCC(=O)Nc2c(C)cccc2C)c2ccccc2)c1. The maximum absolute atomic E-state index is 13.0. The van der Waals surface area contributed by atoms with Gasteiger partial charge in [0.15, 0.2) is 0 Å². The highest BCUT2D eigenvalue weighted by Gasteiger charge is 2.21. The summed E-state index contributed by atoms with van der Waals surface area (Å²) in [6.07, 6.45) is 0. The van der Waals surface area contributed by atoms with Crippen LogP contribution in [0.1, 0.15) is 22.7 Å². The van der Waals surface area contributed by atoms with E-state index in [0.29, 0.717) is 11.4 Å². The highest BCUT2D eigenvalue weighted by atomic mass is 16.5. The van der Waals surface area contributed by atoms with Crippen LogP contribution in [0.2, 0.25) is 0 Å². The van der Waals surface area contributed by atoms with Crippen molar-refractivity contribution in [3.63, 3.8) is 0 Å². The molecular formula is C25H27N3O3. The van der Waals surface area contributed by atoms with Crippen LogP contribution in [0, 0.1) is 13.8 Å². The summed E-state index contributed by atoms with van der Waals surface area (Å²) < 4.78 is 5.22. The molecule has 0 aliphatic carbocycles. The maximum atomic E-state index is 13.0. The molecule has 0 bridgehead atoms. The van der Waals surface area contributed by atoms with E-state index in [2.05, 4.69) is 16.0 Å². The molecule has 0 aliphatic heterocycles. The molecule has 160 valence electrons. The fourth-order valence-electron chi connectivity index (χ4n) is 3.31. The zero-order chi connectivity index (χ0) is 22.2. The van der Waals surface area contributed by atoms with E-state index in [1.54, 1.807) is 31.4 Å². The lowest BCUT2D eigenvalue weighted by molar-refractivity contribution is -0.119. The molecular weight excluding hydrogens is 390 g/mol. The number of anilines is 2. The molecule has 0 aromatic heterocycles. The minimum Gasteiger partial charge on any atom is -0.497 e. The van der Waals surface area contributed by atoms with E-state index >= 15 is 0 Å². The van der Waals surface area contributed by atoms with Crippen molar-refractivity contribution < 1.29 is 14.3 Å². The quantitative estimate of drug-likeness (QED) is 0.513. The van der Waals surface area contributed by atoms with Crippen molar-refractivity contribution in [3.05, 3.63) is 89.5 Å².